The van der Waals surface area contributed by atoms with Gasteiger partial charge in [0.15, 0.2) is 0 Å². The molecule has 1 aromatic carbocycles. The summed E-state index contributed by atoms with van der Waals surface area (Å²) in [5.74, 6) is 0.762. The molecule has 0 atom stereocenters. The molecule has 1 aromatic heterocycles. The molecular weight excluding hydrogens is 188 g/mol. The second-order valence-corrected chi connectivity index (χ2v) is 2.79. The molecule has 0 aliphatic carbocycles. The van der Waals surface area contributed by atoms with Crippen molar-refractivity contribution in [2.45, 2.75) is 13.8 Å². The van der Waals surface area contributed by atoms with E-state index < -0.39 is 0 Å². The third-order valence-electron chi connectivity index (χ3n) is 1.94. The number of nitrogen functional groups attached to an aromatic ring is 1. The van der Waals surface area contributed by atoms with E-state index in [0.717, 1.165) is 16.7 Å². The number of fused-ring (bicyclic) bond motifs is 1. The molecule has 0 spiro atoms. The number of hydrogen-bond donors (Lipinski definition) is 1. The van der Waals surface area contributed by atoms with Crippen molar-refractivity contribution in [3.05, 3.63) is 30.5 Å². The zero-order chi connectivity index (χ0) is 11.3. The minimum absolute atomic E-state index is 0.648. The monoisotopic (exact) mass is 204 g/mol. The summed E-state index contributed by atoms with van der Waals surface area (Å²) in [6.45, 7) is 4.00. The van der Waals surface area contributed by atoms with E-state index in [1.807, 2.05) is 32.0 Å². The molecule has 2 rings (SSSR count). The first kappa shape index (κ1) is 11.3. The molecule has 0 fully saturated rings. The van der Waals surface area contributed by atoms with Crippen molar-refractivity contribution < 1.29 is 4.74 Å². The summed E-state index contributed by atoms with van der Waals surface area (Å²) in [4.78, 5) is 4.18. The Morgan fingerprint density at radius 2 is 2.00 bits per heavy atom. The van der Waals surface area contributed by atoms with Gasteiger partial charge in [-0.25, -0.2) is 0 Å². The van der Waals surface area contributed by atoms with Crippen LogP contribution in [0.2, 0.25) is 0 Å². The standard InChI is InChI=1S/C10H10N2O.C2H6/c1-13-8-5-7-3-2-4-12-10(7)9(11)6-8;1-2/h2-6H,11H2,1H3;1-2H3. The van der Waals surface area contributed by atoms with Crippen LogP contribution >= 0.6 is 0 Å². The lowest BCUT2D eigenvalue weighted by Gasteiger charge is -2.04. The largest absolute Gasteiger partial charge is 0.497 e. The Morgan fingerprint density at radius 3 is 2.67 bits per heavy atom. The van der Waals surface area contributed by atoms with Crippen LogP contribution in [-0.2, 0) is 0 Å². The number of ether oxygens (including phenoxy) is 1. The Labute approximate surface area is 89.9 Å². The number of pyridine rings is 1. The maximum absolute atomic E-state index is 5.79. The van der Waals surface area contributed by atoms with Crippen molar-refractivity contribution in [2.75, 3.05) is 12.8 Å². The first-order chi connectivity index (χ1) is 7.31. The van der Waals surface area contributed by atoms with Crippen molar-refractivity contribution in [2.24, 2.45) is 0 Å². The maximum Gasteiger partial charge on any atom is 0.121 e. The second kappa shape index (κ2) is 5.20. The fourth-order valence-corrected chi connectivity index (χ4v) is 1.31. The third kappa shape index (κ3) is 2.37. The molecule has 0 unspecified atom stereocenters. The second-order valence-electron chi connectivity index (χ2n) is 2.79. The van der Waals surface area contributed by atoms with Crippen LogP contribution in [0.25, 0.3) is 10.9 Å². The zero-order valence-electron chi connectivity index (χ0n) is 9.32. The van der Waals surface area contributed by atoms with E-state index in [4.69, 9.17) is 10.5 Å². The smallest absolute Gasteiger partial charge is 0.121 e. The molecule has 0 saturated carbocycles. The van der Waals surface area contributed by atoms with Gasteiger partial charge in [-0.3, -0.25) is 4.98 Å². The highest BCUT2D eigenvalue weighted by Gasteiger charge is 2.01. The molecule has 2 N–H and O–H groups in total. The number of hydrogen-bond acceptors (Lipinski definition) is 3. The van der Waals surface area contributed by atoms with E-state index in [1.54, 1.807) is 19.4 Å². The van der Waals surface area contributed by atoms with E-state index in [1.165, 1.54) is 0 Å². The van der Waals surface area contributed by atoms with Gasteiger partial charge >= 0.3 is 0 Å². The van der Waals surface area contributed by atoms with Crippen LogP contribution in [0.1, 0.15) is 13.8 Å². The summed E-state index contributed by atoms with van der Waals surface area (Å²) in [7, 11) is 1.62. The van der Waals surface area contributed by atoms with Gasteiger partial charge in [0.05, 0.1) is 18.3 Å². The number of anilines is 1. The Bertz CT molecular complexity index is 441. The van der Waals surface area contributed by atoms with E-state index >= 15 is 0 Å². The molecule has 0 amide bonds. The van der Waals surface area contributed by atoms with Gasteiger partial charge < -0.3 is 10.5 Å². The Kier molecular flexibility index (Phi) is 3.92. The van der Waals surface area contributed by atoms with Crippen LogP contribution in [0.3, 0.4) is 0 Å². The van der Waals surface area contributed by atoms with Crippen LogP contribution in [-0.4, -0.2) is 12.1 Å². The predicted molar refractivity (Wildman–Crippen MR) is 64.1 cm³/mol. The number of nitrogens with two attached hydrogens (primary N) is 1. The number of aromatic nitrogens is 1. The Morgan fingerprint density at radius 1 is 1.27 bits per heavy atom. The molecule has 0 bridgehead atoms. The van der Waals surface area contributed by atoms with Crippen molar-refractivity contribution in [3.63, 3.8) is 0 Å². The summed E-state index contributed by atoms with van der Waals surface area (Å²) >= 11 is 0. The highest BCUT2D eigenvalue weighted by Crippen LogP contribution is 2.24. The number of rotatable bonds is 1. The van der Waals surface area contributed by atoms with Crippen molar-refractivity contribution >= 4 is 16.6 Å². The average molecular weight is 204 g/mol. The van der Waals surface area contributed by atoms with Crippen molar-refractivity contribution in [1.82, 2.24) is 4.98 Å². The minimum atomic E-state index is 0.648. The third-order valence-corrected chi connectivity index (χ3v) is 1.94. The van der Waals surface area contributed by atoms with Crippen molar-refractivity contribution in [1.29, 1.82) is 0 Å². The zero-order valence-corrected chi connectivity index (χ0v) is 9.32. The Balaban J connectivity index is 0.000000531. The number of benzene rings is 1. The van der Waals surface area contributed by atoms with Gasteiger partial charge in [-0.15, -0.1) is 0 Å². The van der Waals surface area contributed by atoms with Crippen molar-refractivity contribution in [3.8, 4) is 5.75 Å². The van der Waals surface area contributed by atoms with Crippen LogP contribution in [0.4, 0.5) is 5.69 Å². The molecule has 0 aliphatic rings. The van der Waals surface area contributed by atoms with E-state index in [0.29, 0.717) is 5.69 Å². The highest BCUT2D eigenvalue weighted by molar-refractivity contribution is 5.90. The first-order valence-corrected chi connectivity index (χ1v) is 4.99. The van der Waals surface area contributed by atoms with E-state index in [9.17, 15) is 0 Å². The van der Waals surface area contributed by atoms with Crippen LogP contribution in [0.15, 0.2) is 30.5 Å². The van der Waals surface area contributed by atoms with Gasteiger partial charge in [-0.05, 0) is 12.1 Å². The van der Waals surface area contributed by atoms with Crippen LogP contribution < -0.4 is 10.5 Å². The lowest BCUT2D eigenvalue weighted by atomic mass is 10.2. The first-order valence-electron chi connectivity index (χ1n) is 4.99. The topological polar surface area (TPSA) is 48.1 Å². The van der Waals surface area contributed by atoms with Gasteiger partial charge in [0.1, 0.15) is 5.75 Å². The molecule has 0 saturated heterocycles. The molecule has 0 radical (unpaired) electrons. The molecule has 2 aromatic rings. The number of nitrogens with zero attached hydrogens (tertiary/aromatic N) is 1. The molecular formula is C12H16N2O. The van der Waals surface area contributed by atoms with Gasteiger partial charge in [0.2, 0.25) is 0 Å². The molecule has 80 valence electrons. The normalized spacial score (nSPS) is 9.27. The fourth-order valence-electron chi connectivity index (χ4n) is 1.31. The van der Waals surface area contributed by atoms with Gasteiger partial charge in [0, 0.05) is 17.6 Å². The van der Waals surface area contributed by atoms with E-state index in [2.05, 4.69) is 4.98 Å². The quantitative estimate of drug-likeness (QED) is 0.726. The highest BCUT2D eigenvalue weighted by atomic mass is 16.5. The van der Waals surface area contributed by atoms with Crippen LogP contribution in [0, 0.1) is 0 Å². The lowest BCUT2D eigenvalue weighted by Crippen LogP contribution is -1.91. The van der Waals surface area contributed by atoms with Crippen LogP contribution in [0.5, 0.6) is 5.75 Å². The molecule has 1 heterocycles. The average Bonchev–Trinajstić information content (AvgIpc) is 2.31. The summed E-state index contributed by atoms with van der Waals surface area (Å²) in [5.41, 5.74) is 7.26. The summed E-state index contributed by atoms with van der Waals surface area (Å²) in [5, 5.41) is 0.999. The summed E-state index contributed by atoms with van der Waals surface area (Å²) in [6, 6.07) is 7.52. The Hall–Kier alpha value is -1.77. The van der Waals surface area contributed by atoms with Gasteiger partial charge in [0.25, 0.3) is 0 Å². The fraction of sp³-hybridized carbons (Fsp3) is 0.250. The molecule has 3 nitrogen and oxygen atoms in total. The summed E-state index contributed by atoms with van der Waals surface area (Å²) in [6.07, 6.45) is 1.73. The minimum Gasteiger partial charge on any atom is -0.497 e. The molecule has 3 heteroatoms. The van der Waals surface area contributed by atoms with Gasteiger partial charge in [-0.1, -0.05) is 19.9 Å². The summed E-state index contributed by atoms with van der Waals surface area (Å²) < 4.78 is 5.10. The predicted octanol–water partition coefficient (Wildman–Crippen LogP) is 2.85. The lowest BCUT2D eigenvalue weighted by molar-refractivity contribution is 0.415. The maximum atomic E-state index is 5.79. The molecule has 15 heavy (non-hydrogen) atoms. The number of methoxy groups -OCH3 is 1. The molecule has 0 aliphatic heterocycles. The SMILES string of the molecule is CC.COc1cc(N)c2ncccc2c1. The van der Waals surface area contributed by atoms with Gasteiger partial charge in [-0.2, -0.15) is 0 Å². The van der Waals surface area contributed by atoms with E-state index in [-0.39, 0.29) is 0 Å².